The average Bonchev–Trinajstić information content (AvgIpc) is 2.19. The highest BCUT2D eigenvalue weighted by molar-refractivity contribution is 5.88. The summed E-state index contributed by atoms with van der Waals surface area (Å²) in [4.78, 5) is 10.7. The molecule has 0 bridgehead atoms. The first-order valence-electron chi connectivity index (χ1n) is 4.57. The Morgan fingerprint density at radius 2 is 2.27 bits per heavy atom. The van der Waals surface area contributed by atoms with Crippen molar-refractivity contribution in [1.82, 2.24) is 0 Å². The van der Waals surface area contributed by atoms with Gasteiger partial charge in [-0.2, -0.15) is 0 Å². The number of benzene rings is 1. The molecular weight excluding hydrogens is 197 g/mol. The molecule has 1 rings (SSSR count). The second-order valence-corrected chi connectivity index (χ2v) is 3.26. The summed E-state index contributed by atoms with van der Waals surface area (Å²) in [6.45, 7) is 1.57. The standard InChI is InChI=1S/C10H14FN3O/c1-6(15)14-10-3-2-7(4-8(10)11)9(13)5-12/h2-4,9H,5,12-13H2,1H3,(H,14,15)/t9-/m1/s1. The van der Waals surface area contributed by atoms with E-state index >= 15 is 0 Å². The van der Waals surface area contributed by atoms with Crippen molar-refractivity contribution in [2.24, 2.45) is 11.5 Å². The maximum Gasteiger partial charge on any atom is 0.221 e. The number of nitrogens with one attached hydrogen (secondary N) is 1. The Bertz CT molecular complexity index is 368. The summed E-state index contributed by atoms with van der Waals surface area (Å²) in [5.41, 5.74) is 11.8. The van der Waals surface area contributed by atoms with Gasteiger partial charge in [-0.15, -0.1) is 0 Å². The first kappa shape index (κ1) is 11.6. The van der Waals surface area contributed by atoms with Crippen LogP contribution in [-0.2, 0) is 4.79 Å². The number of amides is 1. The van der Waals surface area contributed by atoms with Crippen LogP contribution in [0.25, 0.3) is 0 Å². The van der Waals surface area contributed by atoms with Crippen molar-refractivity contribution in [3.8, 4) is 0 Å². The maximum atomic E-state index is 13.4. The van der Waals surface area contributed by atoms with Crippen LogP contribution >= 0.6 is 0 Å². The molecule has 0 saturated carbocycles. The lowest BCUT2D eigenvalue weighted by molar-refractivity contribution is -0.114. The lowest BCUT2D eigenvalue weighted by Crippen LogP contribution is -2.21. The maximum absolute atomic E-state index is 13.4. The van der Waals surface area contributed by atoms with E-state index in [0.29, 0.717) is 5.56 Å². The number of halogens is 1. The zero-order valence-corrected chi connectivity index (χ0v) is 8.46. The van der Waals surface area contributed by atoms with Gasteiger partial charge >= 0.3 is 0 Å². The summed E-state index contributed by atoms with van der Waals surface area (Å²) in [6.07, 6.45) is 0. The van der Waals surface area contributed by atoms with Crippen molar-refractivity contribution in [2.75, 3.05) is 11.9 Å². The smallest absolute Gasteiger partial charge is 0.221 e. The molecule has 1 amide bonds. The van der Waals surface area contributed by atoms with Crippen LogP contribution < -0.4 is 16.8 Å². The summed E-state index contributed by atoms with van der Waals surface area (Å²) in [7, 11) is 0. The largest absolute Gasteiger partial charge is 0.329 e. The molecule has 1 aromatic rings. The number of nitrogens with two attached hydrogens (primary N) is 2. The first-order valence-corrected chi connectivity index (χ1v) is 4.57. The highest BCUT2D eigenvalue weighted by Crippen LogP contribution is 2.18. The number of hydrogen-bond donors (Lipinski definition) is 3. The van der Waals surface area contributed by atoms with Gasteiger partial charge in [0.15, 0.2) is 0 Å². The van der Waals surface area contributed by atoms with Gasteiger partial charge in [0.2, 0.25) is 5.91 Å². The van der Waals surface area contributed by atoms with E-state index < -0.39 is 5.82 Å². The van der Waals surface area contributed by atoms with Crippen molar-refractivity contribution in [3.05, 3.63) is 29.6 Å². The Balaban J connectivity index is 2.92. The fourth-order valence-electron chi connectivity index (χ4n) is 1.19. The van der Waals surface area contributed by atoms with Crippen molar-refractivity contribution in [1.29, 1.82) is 0 Å². The third-order valence-electron chi connectivity index (χ3n) is 1.99. The molecule has 0 unspecified atom stereocenters. The van der Waals surface area contributed by atoms with Gasteiger partial charge in [0.05, 0.1) is 5.69 Å². The fraction of sp³-hybridized carbons (Fsp3) is 0.300. The van der Waals surface area contributed by atoms with Crippen molar-refractivity contribution >= 4 is 11.6 Å². The average molecular weight is 211 g/mol. The van der Waals surface area contributed by atoms with Gasteiger partial charge in [0.1, 0.15) is 5.82 Å². The van der Waals surface area contributed by atoms with Gasteiger partial charge in [-0.25, -0.2) is 4.39 Å². The van der Waals surface area contributed by atoms with Crippen LogP contribution in [-0.4, -0.2) is 12.5 Å². The summed E-state index contributed by atoms with van der Waals surface area (Å²) in [5, 5.41) is 2.37. The normalized spacial score (nSPS) is 12.3. The van der Waals surface area contributed by atoms with E-state index in [0.717, 1.165) is 0 Å². The minimum Gasteiger partial charge on any atom is -0.329 e. The number of rotatable bonds is 3. The van der Waals surface area contributed by atoms with Crippen LogP contribution in [0.3, 0.4) is 0 Å². The molecule has 0 aromatic heterocycles. The van der Waals surface area contributed by atoms with E-state index in [2.05, 4.69) is 5.32 Å². The van der Waals surface area contributed by atoms with Crippen LogP contribution in [0.5, 0.6) is 0 Å². The molecule has 15 heavy (non-hydrogen) atoms. The van der Waals surface area contributed by atoms with E-state index in [-0.39, 0.29) is 24.2 Å². The lowest BCUT2D eigenvalue weighted by Gasteiger charge is -2.11. The molecule has 4 nitrogen and oxygen atoms in total. The topological polar surface area (TPSA) is 81.1 Å². The molecule has 5 heteroatoms. The van der Waals surface area contributed by atoms with Crippen molar-refractivity contribution in [2.45, 2.75) is 13.0 Å². The summed E-state index contributed by atoms with van der Waals surface area (Å²) in [5.74, 6) is -0.823. The van der Waals surface area contributed by atoms with Crippen molar-refractivity contribution in [3.63, 3.8) is 0 Å². The Morgan fingerprint density at radius 1 is 1.60 bits per heavy atom. The molecule has 1 aromatic carbocycles. The molecule has 82 valence electrons. The molecule has 0 aliphatic heterocycles. The van der Waals surface area contributed by atoms with E-state index in [4.69, 9.17) is 11.5 Å². The quantitative estimate of drug-likeness (QED) is 0.689. The number of hydrogen-bond acceptors (Lipinski definition) is 3. The molecule has 0 heterocycles. The zero-order chi connectivity index (χ0) is 11.4. The monoisotopic (exact) mass is 211 g/mol. The van der Waals surface area contributed by atoms with E-state index in [1.165, 1.54) is 19.1 Å². The molecular formula is C10H14FN3O. The Morgan fingerprint density at radius 3 is 2.73 bits per heavy atom. The van der Waals surface area contributed by atoms with Crippen LogP contribution in [0.1, 0.15) is 18.5 Å². The summed E-state index contributed by atoms with van der Waals surface area (Å²) >= 11 is 0. The van der Waals surface area contributed by atoms with Gasteiger partial charge in [0, 0.05) is 19.5 Å². The first-order chi connectivity index (χ1) is 7.04. The fourth-order valence-corrected chi connectivity index (χ4v) is 1.19. The molecule has 1 atom stereocenters. The van der Waals surface area contributed by atoms with Gasteiger partial charge < -0.3 is 16.8 Å². The highest BCUT2D eigenvalue weighted by atomic mass is 19.1. The van der Waals surface area contributed by atoms with E-state index in [1.807, 2.05) is 0 Å². The minimum atomic E-state index is -0.508. The van der Waals surface area contributed by atoms with Gasteiger partial charge in [-0.05, 0) is 17.7 Å². The predicted molar refractivity (Wildman–Crippen MR) is 56.7 cm³/mol. The summed E-state index contributed by atoms with van der Waals surface area (Å²) < 4.78 is 13.4. The lowest BCUT2D eigenvalue weighted by atomic mass is 10.1. The van der Waals surface area contributed by atoms with E-state index in [1.54, 1.807) is 6.07 Å². The molecule has 0 saturated heterocycles. The van der Waals surface area contributed by atoms with Gasteiger partial charge in [0.25, 0.3) is 0 Å². The number of carbonyl (C=O) groups excluding carboxylic acids is 1. The van der Waals surface area contributed by atoms with Crippen LogP contribution in [0.2, 0.25) is 0 Å². The van der Waals surface area contributed by atoms with Crippen molar-refractivity contribution < 1.29 is 9.18 Å². The highest BCUT2D eigenvalue weighted by Gasteiger charge is 2.08. The molecule has 0 spiro atoms. The van der Waals surface area contributed by atoms with Crippen LogP contribution in [0.15, 0.2) is 18.2 Å². The second kappa shape index (κ2) is 4.86. The Hall–Kier alpha value is -1.46. The van der Waals surface area contributed by atoms with Crippen LogP contribution in [0.4, 0.5) is 10.1 Å². The molecule has 5 N–H and O–H groups in total. The van der Waals surface area contributed by atoms with E-state index in [9.17, 15) is 9.18 Å². The number of anilines is 1. The zero-order valence-electron chi connectivity index (χ0n) is 8.46. The SMILES string of the molecule is CC(=O)Nc1ccc([C@H](N)CN)cc1F. The predicted octanol–water partition coefficient (Wildman–Crippen LogP) is 0.743. The molecule has 0 aliphatic carbocycles. The Kier molecular flexibility index (Phi) is 3.76. The Labute approximate surface area is 87.4 Å². The van der Waals surface area contributed by atoms with Gasteiger partial charge in [-0.3, -0.25) is 4.79 Å². The van der Waals surface area contributed by atoms with Gasteiger partial charge in [-0.1, -0.05) is 6.07 Å². The second-order valence-electron chi connectivity index (χ2n) is 3.26. The minimum absolute atomic E-state index is 0.149. The molecule has 0 fully saturated rings. The van der Waals surface area contributed by atoms with Crippen LogP contribution in [0, 0.1) is 5.82 Å². The third kappa shape index (κ3) is 3.00. The third-order valence-corrected chi connectivity index (χ3v) is 1.99. The molecule has 0 aliphatic rings. The number of carbonyl (C=O) groups is 1. The molecule has 0 radical (unpaired) electrons. The summed E-state index contributed by atoms with van der Waals surface area (Å²) in [6, 6.07) is 4.02.